The third-order valence-corrected chi connectivity index (χ3v) is 2.84. The van der Waals surface area contributed by atoms with E-state index in [9.17, 15) is 4.79 Å². The van der Waals surface area contributed by atoms with Gasteiger partial charge in [-0.2, -0.15) is 4.99 Å². The second-order valence-electron chi connectivity index (χ2n) is 4.20. The highest BCUT2D eigenvalue weighted by Crippen LogP contribution is 2.11. The highest BCUT2D eigenvalue weighted by molar-refractivity contribution is 5.99. The maximum absolute atomic E-state index is 11.7. The van der Waals surface area contributed by atoms with Crippen LogP contribution >= 0.6 is 0 Å². The quantitative estimate of drug-likeness (QED) is 0.807. The first kappa shape index (κ1) is 11.6. The molecule has 1 N–H and O–H groups in total. The van der Waals surface area contributed by atoms with Crippen LogP contribution in [0.2, 0.25) is 0 Å². The van der Waals surface area contributed by atoms with E-state index in [1.165, 1.54) is 6.42 Å². The molecule has 2 rings (SSSR count). The van der Waals surface area contributed by atoms with E-state index in [-0.39, 0.29) is 6.03 Å². The van der Waals surface area contributed by atoms with Crippen LogP contribution in [0.5, 0.6) is 0 Å². The zero-order valence-corrected chi connectivity index (χ0v) is 10.0. The van der Waals surface area contributed by atoms with Crippen molar-refractivity contribution in [2.45, 2.75) is 19.3 Å². The Morgan fingerprint density at radius 3 is 2.76 bits per heavy atom. The monoisotopic (exact) mass is 231 g/mol. The number of nitrogens with zero attached hydrogens (tertiary/aromatic N) is 2. The van der Waals surface area contributed by atoms with Gasteiger partial charge in [0.25, 0.3) is 0 Å². The molecule has 1 saturated heterocycles. The van der Waals surface area contributed by atoms with E-state index in [0.717, 1.165) is 30.9 Å². The largest absolute Gasteiger partial charge is 0.363 e. The van der Waals surface area contributed by atoms with E-state index in [2.05, 4.69) is 10.3 Å². The first-order valence-corrected chi connectivity index (χ1v) is 5.90. The van der Waals surface area contributed by atoms with Gasteiger partial charge in [0.05, 0.1) is 0 Å². The van der Waals surface area contributed by atoms with Crippen molar-refractivity contribution >= 4 is 17.6 Å². The van der Waals surface area contributed by atoms with Crippen LogP contribution in [0.1, 0.15) is 19.3 Å². The third kappa shape index (κ3) is 3.31. The summed E-state index contributed by atoms with van der Waals surface area (Å²) in [5.74, 6) is 0.879. The Balaban J connectivity index is 1.99. The van der Waals surface area contributed by atoms with E-state index in [0.29, 0.717) is 0 Å². The normalized spacial score (nSPS) is 18.2. The van der Waals surface area contributed by atoms with Crippen molar-refractivity contribution in [3.63, 3.8) is 0 Å². The molecule has 1 aromatic carbocycles. The van der Waals surface area contributed by atoms with Crippen molar-refractivity contribution in [3.8, 4) is 0 Å². The Hall–Kier alpha value is -1.84. The molecule has 1 aliphatic rings. The van der Waals surface area contributed by atoms with Gasteiger partial charge in [0.2, 0.25) is 0 Å². The molecule has 1 aromatic rings. The van der Waals surface area contributed by atoms with Gasteiger partial charge < -0.3 is 10.2 Å². The molecule has 0 bridgehead atoms. The highest BCUT2D eigenvalue weighted by atomic mass is 16.2. The number of carbonyl (C=O) groups is 1. The van der Waals surface area contributed by atoms with Gasteiger partial charge in [-0.05, 0) is 25.0 Å². The Kier molecular flexibility index (Phi) is 3.75. The van der Waals surface area contributed by atoms with Crippen LogP contribution in [-0.4, -0.2) is 30.4 Å². The Bertz CT molecular complexity index is 414. The van der Waals surface area contributed by atoms with Gasteiger partial charge in [0.15, 0.2) is 0 Å². The Morgan fingerprint density at radius 2 is 2.06 bits per heavy atom. The molecular formula is C13H17N3O. The lowest BCUT2D eigenvalue weighted by atomic mass is 10.1. The molecule has 0 saturated carbocycles. The molecule has 0 unspecified atom stereocenters. The fraction of sp³-hybridized carbons (Fsp3) is 0.385. The minimum atomic E-state index is -0.292. The molecular weight excluding hydrogens is 214 g/mol. The first-order valence-electron chi connectivity index (χ1n) is 5.90. The molecule has 4 heteroatoms. The zero-order chi connectivity index (χ0) is 12.1. The number of piperidine rings is 1. The zero-order valence-electron chi connectivity index (χ0n) is 10.0. The number of benzene rings is 1. The first-order chi connectivity index (χ1) is 8.25. The number of hydrogen-bond donors (Lipinski definition) is 1. The minimum Gasteiger partial charge on any atom is -0.363 e. The van der Waals surface area contributed by atoms with E-state index in [4.69, 9.17) is 0 Å². The standard InChI is InChI=1S/C13H17N3O/c1-16-10-6-5-9-12(16)15-13(17)14-11-7-3-2-4-8-11/h2-4,7-8H,5-6,9-10H2,1H3,(H,14,17)/b15-12-. The Morgan fingerprint density at radius 1 is 1.29 bits per heavy atom. The smallest absolute Gasteiger partial charge is 0.347 e. The maximum atomic E-state index is 11.7. The molecule has 1 aliphatic heterocycles. The number of urea groups is 1. The molecule has 0 radical (unpaired) electrons. The van der Waals surface area contributed by atoms with Crippen molar-refractivity contribution < 1.29 is 4.79 Å². The summed E-state index contributed by atoms with van der Waals surface area (Å²) in [6, 6.07) is 9.09. The number of anilines is 1. The van der Waals surface area contributed by atoms with Gasteiger partial charge in [-0.3, -0.25) is 0 Å². The summed E-state index contributed by atoms with van der Waals surface area (Å²) in [4.78, 5) is 17.9. The second-order valence-corrected chi connectivity index (χ2v) is 4.20. The predicted octanol–water partition coefficient (Wildman–Crippen LogP) is 2.73. The average molecular weight is 231 g/mol. The number of para-hydroxylation sites is 1. The number of carbonyl (C=O) groups excluding carboxylic acids is 1. The molecule has 0 atom stereocenters. The van der Waals surface area contributed by atoms with Crippen LogP contribution in [0.4, 0.5) is 10.5 Å². The van der Waals surface area contributed by atoms with Gasteiger partial charge in [-0.25, -0.2) is 4.79 Å². The lowest BCUT2D eigenvalue weighted by Crippen LogP contribution is -2.32. The SMILES string of the molecule is CN1CCCC/C1=N/C(=O)Nc1ccccc1. The van der Waals surface area contributed by atoms with Crippen molar-refractivity contribution in [2.24, 2.45) is 4.99 Å². The Labute approximate surface area is 101 Å². The maximum Gasteiger partial charge on any atom is 0.347 e. The van der Waals surface area contributed by atoms with E-state index >= 15 is 0 Å². The van der Waals surface area contributed by atoms with Crippen molar-refractivity contribution in [1.82, 2.24) is 4.90 Å². The van der Waals surface area contributed by atoms with Crippen LogP contribution in [-0.2, 0) is 0 Å². The summed E-state index contributed by atoms with van der Waals surface area (Å²) >= 11 is 0. The lowest BCUT2D eigenvalue weighted by molar-refractivity contribution is 0.259. The van der Waals surface area contributed by atoms with Crippen molar-refractivity contribution in [3.05, 3.63) is 30.3 Å². The van der Waals surface area contributed by atoms with E-state index in [1.54, 1.807) is 0 Å². The number of aliphatic imine (C=N–C) groups is 1. The lowest BCUT2D eigenvalue weighted by Gasteiger charge is -2.25. The molecule has 1 fully saturated rings. The van der Waals surface area contributed by atoms with E-state index in [1.807, 2.05) is 42.3 Å². The van der Waals surface area contributed by atoms with Crippen LogP contribution in [0, 0.1) is 0 Å². The molecule has 90 valence electrons. The molecule has 0 aromatic heterocycles. The number of amidine groups is 1. The van der Waals surface area contributed by atoms with Crippen molar-refractivity contribution in [2.75, 3.05) is 18.9 Å². The number of rotatable bonds is 1. The predicted molar refractivity (Wildman–Crippen MR) is 69.4 cm³/mol. The van der Waals surface area contributed by atoms with Gasteiger partial charge in [0.1, 0.15) is 5.84 Å². The number of amides is 2. The molecule has 2 amide bonds. The highest BCUT2D eigenvalue weighted by Gasteiger charge is 2.13. The topological polar surface area (TPSA) is 44.7 Å². The molecule has 1 heterocycles. The van der Waals surface area contributed by atoms with Crippen LogP contribution in [0.25, 0.3) is 0 Å². The summed E-state index contributed by atoms with van der Waals surface area (Å²) in [5, 5.41) is 2.76. The van der Waals surface area contributed by atoms with E-state index < -0.39 is 0 Å². The van der Waals surface area contributed by atoms with Gasteiger partial charge >= 0.3 is 6.03 Å². The summed E-state index contributed by atoms with van der Waals surface area (Å²) in [5.41, 5.74) is 0.778. The van der Waals surface area contributed by atoms with Crippen molar-refractivity contribution in [1.29, 1.82) is 0 Å². The summed E-state index contributed by atoms with van der Waals surface area (Å²) in [6.07, 6.45) is 3.18. The fourth-order valence-corrected chi connectivity index (χ4v) is 1.88. The summed E-state index contributed by atoms with van der Waals surface area (Å²) < 4.78 is 0. The van der Waals surface area contributed by atoms with Gasteiger partial charge in [-0.1, -0.05) is 18.2 Å². The summed E-state index contributed by atoms with van der Waals surface area (Å²) in [6.45, 7) is 0.984. The molecule has 0 spiro atoms. The number of hydrogen-bond acceptors (Lipinski definition) is 1. The minimum absolute atomic E-state index is 0.292. The third-order valence-electron chi connectivity index (χ3n) is 2.84. The van der Waals surface area contributed by atoms with Crippen LogP contribution < -0.4 is 5.32 Å². The molecule has 0 aliphatic carbocycles. The second kappa shape index (κ2) is 5.48. The summed E-state index contributed by atoms with van der Waals surface area (Å²) in [7, 11) is 1.98. The fourth-order valence-electron chi connectivity index (χ4n) is 1.88. The number of likely N-dealkylation sites (tertiary alicyclic amines) is 1. The van der Waals surface area contributed by atoms with Gasteiger partial charge in [-0.15, -0.1) is 0 Å². The number of nitrogens with one attached hydrogen (secondary N) is 1. The average Bonchev–Trinajstić information content (AvgIpc) is 2.33. The van der Waals surface area contributed by atoms with Crippen LogP contribution in [0.3, 0.4) is 0 Å². The van der Waals surface area contributed by atoms with Crippen LogP contribution in [0.15, 0.2) is 35.3 Å². The van der Waals surface area contributed by atoms with Gasteiger partial charge in [0, 0.05) is 25.7 Å². The molecule has 17 heavy (non-hydrogen) atoms. The molecule has 4 nitrogen and oxygen atoms in total.